The van der Waals surface area contributed by atoms with Crippen molar-refractivity contribution in [3.63, 3.8) is 0 Å². The monoisotopic (exact) mass is 292 g/mol. The molecular weight excluding hydrogens is 276 g/mol. The van der Waals surface area contributed by atoms with Gasteiger partial charge in [0.15, 0.2) is 0 Å². The van der Waals surface area contributed by atoms with Gasteiger partial charge >= 0.3 is 5.97 Å². The highest BCUT2D eigenvalue weighted by Gasteiger charge is 2.16. The standard InChI is InChI=1S/C14H16N2O3S/c1-15-12(17)6-7-16-8-10-9-4-2-3-5-11(9)20-13(10)14(18)19/h2-5,16H,6-8H2,1H3,(H,15,17)(H,18,19). The van der Waals surface area contributed by atoms with Gasteiger partial charge in [0.1, 0.15) is 4.88 Å². The zero-order valence-electron chi connectivity index (χ0n) is 11.1. The van der Waals surface area contributed by atoms with Crippen molar-refractivity contribution >= 4 is 33.3 Å². The second kappa shape index (κ2) is 6.49. The van der Waals surface area contributed by atoms with Crippen molar-refractivity contribution < 1.29 is 14.7 Å². The summed E-state index contributed by atoms with van der Waals surface area (Å²) >= 11 is 1.28. The predicted molar refractivity (Wildman–Crippen MR) is 79.2 cm³/mol. The van der Waals surface area contributed by atoms with Crippen LogP contribution >= 0.6 is 11.3 Å². The highest BCUT2D eigenvalue weighted by Crippen LogP contribution is 2.31. The average molecular weight is 292 g/mol. The van der Waals surface area contributed by atoms with Gasteiger partial charge in [-0.05, 0) is 17.0 Å². The number of rotatable bonds is 6. The molecule has 3 N–H and O–H groups in total. The predicted octanol–water partition coefficient (Wildman–Crippen LogP) is 1.83. The number of aromatic carboxylic acids is 1. The van der Waals surface area contributed by atoms with Gasteiger partial charge in [0.05, 0.1) is 0 Å². The van der Waals surface area contributed by atoms with Crippen LogP contribution in [0.3, 0.4) is 0 Å². The van der Waals surface area contributed by atoms with Gasteiger partial charge in [-0.15, -0.1) is 11.3 Å². The van der Waals surface area contributed by atoms with E-state index in [9.17, 15) is 14.7 Å². The number of benzene rings is 1. The number of hydrogen-bond acceptors (Lipinski definition) is 4. The lowest BCUT2D eigenvalue weighted by atomic mass is 10.1. The van der Waals surface area contributed by atoms with E-state index in [1.54, 1.807) is 7.05 Å². The summed E-state index contributed by atoms with van der Waals surface area (Å²) in [5.41, 5.74) is 0.787. The average Bonchev–Trinajstić information content (AvgIpc) is 2.82. The third kappa shape index (κ3) is 3.15. The molecule has 106 valence electrons. The van der Waals surface area contributed by atoms with Crippen LogP contribution in [-0.4, -0.2) is 30.6 Å². The first-order valence-electron chi connectivity index (χ1n) is 6.28. The molecule has 0 aliphatic rings. The molecule has 1 aromatic carbocycles. The number of fused-ring (bicyclic) bond motifs is 1. The summed E-state index contributed by atoms with van der Waals surface area (Å²) < 4.78 is 0.966. The van der Waals surface area contributed by atoms with Gasteiger partial charge in [0.2, 0.25) is 5.91 Å². The molecule has 20 heavy (non-hydrogen) atoms. The van der Waals surface area contributed by atoms with Gasteiger partial charge in [-0.2, -0.15) is 0 Å². The minimum Gasteiger partial charge on any atom is -0.477 e. The van der Waals surface area contributed by atoms with Crippen LogP contribution in [0.5, 0.6) is 0 Å². The molecule has 2 aromatic rings. The Bertz CT molecular complexity index is 636. The van der Waals surface area contributed by atoms with Crippen LogP contribution in [0.25, 0.3) is 10.1 Å². The van der Waals surface area contributed by atoms with E-state index in [0.29, 0.717) is 24.4 Å². The third-order valence-electron chi connectivity index (χ3n) is 3.00. The number of carboxylic acids is 1. The molecule has 0 spiro atoms. The molecule has 5 nitrogen and oxygen atoms in total. The molecule has 0 atom stereocenters. The van der Waals surface area contributed by atoms with Gasteiger partial charge in [-0.25, -0.2) is 4.79 Å². The van der Waals surface area contributed by atoms with Crippen LogP contribution in [0.2, 0.25) is 0 Å². The van der Waals surface area contributed by atoms with E-state index in [4.69, 9.17) is 0 Å². The Labute approximate surface area is 120 Å². The lowest BCUT2D eigenvalue weighted by Crippen LogP contribution is -2.24. The molecule has 0 saturated heterocycles. The summed E-state index contributed by atoms with van der Waals surface area (Å²) in [4.78, 5) is 22.8. The molecule has 2 rings (SSSR count). The van der Waals surface area contributed by atoms with Crippen LogP contribution in [0, 0.1) is 0 Å². The Morgan fingerprint density at radius 2 is 2.05 bits per heavy atom. The number of thiophene rings is 1. The Morgan fingerprint density at radius 1 is 1.30 bits per heavy atom. The number of carbonyl (C=O) groups is 2. The topological polar surface area (TPSA) is 78.4 Å². The number of nitrogens with one attached hydrogen (secondary N) is 2. The summed E-state index contributed by atoms with van der Waals surface area (Å²) in [6.45, 7) is 0.964. The molecule has 0 fully saturated rings. The molecule has 0 aliphatic heterocycles. The van der Waals surface area contributed by atoms with E-state index in [1.807, 2.05) is 24.3 Å². The van der Waals surface area contributed by atoms with Crippen LogP contribution in [0.4, 0.5) is 0 Å². The Balaban J connectivity index is 2.13. The van der Waals surface area contributed by atoms with E-state index in [0.717, 1.165) is 15.6 Å². The lowest BCUT2D eigenvalue weighted by molar-refractivity contribution is -0.120. The SMILES string of the molecule is CNC(=O)CCNCc1c(C(=O)O)sc2ccccc12. The van der Waals surface area contributed by atoms with E-state index >= 15 is 0 Å². The second-order valence-corrected chi connectivity index (χ2v) is 5.36. The lowest BCUT2D eigenvalue weighted by Gasteiger charge is -2.05. The van der Waals surface area contributed by atoms with Crippen LogP contribution in [-0.2, 0) is 11.3 Å². The van der Waals surface area contributed by atoms with E-state index < -0.39 is 5.97 Å². The molecule has 0 radical (unpaired) electrons. The van der Waals surface area contributed by atoms with Crippen LogP contribution < -0.4 is 10.6 Å². The highest BCUT2D eigenvalue weighted by molar-refractivity contribution is 7.21. The minimum atomic E-state index is -0.908. The van der Waals surface area contributed by atoms with Gasteiger partial charge in [-0.3, -0.25) is 4.79 Å². The van der Waals surface area contributed by atoms with E-state index in [2.05, 4.69) is 10.6 Å². The molecule has 6 heteroatoms. The number of carboxylic acid groups (broad SMARTS) is 1. The number of amides is 1. The van der Waals surface area contributed by atoms with Crippen molar-refractivity contribution in [2.24, 2.45) is 0 Å². The second-order valence-electron chi connectivity index (χ2n) is 4.31. The largest absolute Gasteiger partial charge is 0.477 e. The van der Waals surface area contributed by atoms with Crippen molar-refractivity contribution in [2.45, 2.75) is 13.0 Å². The Morgan fingerprint density at radius 3 is 2.75 bits per heavy atom. The fourth-order valence-corrected chi connectivity index (χ4v) is 3.05. The molecule has 0 bridgehead atoms. The van der Waals surface area contributed by atoms with Gasteiger partial charge in [0.25, 0.3) is 0 Å². The van der Waals surface area contributed by atoms with Crippen molar-refractivity contribution in [2.75, 3.05) is 13.6 Å². The molecular formula is C14H16N2O3S. The maximum absolute atomic E-state index is 11.3. The first kappa shape index (κ1) is 14.5. The summed E-state index contributed by atoms with van der Waals surface area (Å²) in [6.07, 6.45) is 0.376. The minimum absolute atomic E-state index is 0.0360. The molecule has 0 saturated carbocycles. The summed E-state index contributed by atoms with van der Waals surface area (Å²) in [7, 11) is 1.59. The van der Waals surface area contributed by atoms with Crippen LogP contribution in [0.15, 0.2) is 24.3 Å². The van der Waals surface area contributed by atoms with Crippen molar-refractivity contribution in [3.05, 3.63) is 34.7 Å². The zero-order chi connectivity index (χ0) is 14.5. The summed E-state index contributed by atoms with van der Waals surface area (Å²) in [6, 6.07) is 7.64. The Kier molecular flexibility index (Phi) is 4.70. The summed E-state index contributed by atoms with van der Waals surface area (Å²) in [5, 5.41) is 15.9. The Hall–Kier alpha value is -1.92. The number of hydrogen-bond donors (Lipinski definition) is 3. The molecule has 1 aromatic heterocycles. The van der Waals surface area contributed by atoms with E-state index in [-0.39, 0.29) is 5.91 Å². The van der Waals surface area contributed by atoms with Crippen LogP contribution in [0.1, 0.15) is 21.7 Å². The normalized spacial score (nSPS) is 10.7. The first-order chi connectivity index (χ1) is 9.63. The van der Waals surface area contributed by atoms with Gasteiger partial charge < -0.3 is 15.7 Å². The molecule has 1 heterocycles. The molecule has 0 aliphatic carbocycles. The van der Waals surface area contributed by atoms with E-state index in [1.165, 1.54) is 11.3 Å². The van der Waals surface area contributed by atoms with Crippen molar-refractivity contribution in [1.82, 2.24) is 10.6 Å². The third-order valence-corrected chi connectivity index (χ3v) is 4.20. The quantitative estimate of drug-likeness (QED) is 0.710. The maximum atomic E-state index is 11.3. The smallest absolute Gasteiger partial charge is 0.346 e. The number of carbonyl (C=O) groups excluding carboxylic acids is 1. The van der Waals surface area contributed by atoms with Crippen molar-refractivity contribution in [1.29, 1.82) is 0 Å². The highest BCUT2D eigenvalue weighted by atomic mass is 32.1. The molecule has 1 amide bonds. The van der Waals surface area contributed by atoms with Gasteiger partial charge in [-0.1, -0.05) is 18.2 Å². The van der Waals surface area contributed by atoms with Gasteiger partial charge in [0, 0.05) is 31.3 Å². The summed E-state index contributed by atoms with van der Waals surface area (Å²) in [5.74, 6) is -0.944. The fraction of sp³-hybridized carbons (Fsp3) is 0.286. The zero-order valence-corrected chi connectivity index (χ0v) is 11.9. The molecule has 0 unspecified atom stereocenters. The fourth-order valence-electron chi connectivity index (χ4n) is 1.99. The van der Waals surface area contributed by atoms with Crippen molar-refractivity contribution in [3.8, 4) is 0 Å². The maximum Gasteiger partial charge on any atom is 0.346 e. The first-order valence-corrected chi connectivity index (χ1v) is 7.10.